The molecule has 0 saturated heterocycles. The van der Waals surface area contributed by atoms with Gasteiger partial charge in [-0.3, -0.25) is 9.78 Å². The van der Waals surface area contributed by atoms with Crippen LogP contribution in [-0.2, 0) is 4.79 Å². The van der Waals surface area contributed by atoms with Gasteiger partial charge in [0.25, 0.3) is 5.92 Å². The van der Waals surface area contributed by atoms with Gasteiger partial charge in [-0.05, 0) is 25.0 Å². The van der Waals surface area contributed by atoms with Gasteiger partial charge >= 0.3 is 0 Å². The third-order valence-corrected chi connectivity index (χ3v) is 5.03. The van der Waals surface area contributed by atoms with Crippen LogP contribution in [0.4, 0.5) is 14.6 Å². The van der Waals surface area contributed by atoms with E-state index < -0.39 is 24.2 Å². The van der Waals surface area contributed by atoms with Crippen molar-refractivity contribution in [2.45, 2.75) is 38.7 Å². The molecule has 27 heavy (non-hydrogen) atoms. The summed E-state index contributed by atoms with van der Waals surface area (Å²) in [5.74, 6) is -4.61. The maximum atomic E-state index is 13.0. The number of hydrogen-bond acceptors (Lipinski definition) is 4. The van der Waals surface area contributed by atoms with Crippen LogP contribution >= 0.6 is 0 Å². The molecule has 0 bridgehead atoms. The zero-order chi connectivity index (χ0) is 19.2. The SMILES string of the molecule is CCC1C=C(C)C(c2cnc3cc(NC(=O)C4CC4(F)F)ncc3c2)=CN1. The molecule has 1 saturated carbocycles. The van der Waals surface area contributed by atoms with Gasteiger partial charge in [-0.25, -0.2) is 13.8 Å². The maximum Gasteiger partial charge on any atom is 0.260 e. The third kappa shape index (κ3) is 3.41. The Morgan fingerprint density at radius 3 is 2.78 bits per heavy atom. The molecule has 2 N–H and O–H groups in total. The van der Waals surface area contributed by atoms with Crippen LogP contribution in [0.1, 0.15) is 32.3 Å². The number of alkyl halides is 2. The molecule has 0 aromatic carbocycles. The zero-order valence-electron chi connectivity index (χ0n) is 15.1. The Kier molecular flexibility index (Phi) is 4.17. The lowest BCUT2D eigenvalue weighted by molar-refractivity contribution is -0.119. The monoisotopic (exact) mass is 370 g/mol. The average molecular weight is 370 g/mol. The minimum Gasteiger partial charge on any atom is -0.384 e. The smallest absolute Gasteiger partial charge is 0.260 e. The number of aromatic nitrogens is 2. The van der Waals surface area contributed by atoms with E-state index in [0.29, 0.717) is 11.6 Å². The van der Waals surface area contributed by atoms with E-state index >= 15 is 0 Å². The fourth-order valence-electron chi connectivity index (χ4n) is 3.24. The molecule has 5 nitrogen and oxygen atoms in total. The number of halogens is 2. The van der Waals surface area contributed by atoms with Gasteiger partial charge in [-0.1, -0.05) is 13.0 Å². The average Bonchev–Trinajstić information content (AvgIpc) is 3.29. The van der Waals surface area contributed by atoms with Crippen LogP contribution in [0.25, 0.3) is 16.5 Å². The molecule has 4 rings (SSSR count). The van der Waals surface area contributed by atoms with E-state index in [9.17, 15) is 13.6 Å². The van der Waals surface area contributed by atoms with Crippen molar-refractivity contribution in [2.24, 2.45) is 5.92 Å². The number of nitrogens with zero attached hydrogens (tertiary/aromatic N) is 2. The molecule has 140 valence electrons. The van der Waals surface area contributed by atoms with Crippen molar-refractivity contribution < 1.29 is 13.6 Å². The van der Waals surface area contributed by atoms with Crippen LogP contribution in [0.15, 0.2) is 42.4 Å². The molecule has 1 aliphatic carbocycles. The second kappa shape index (κ2) is 6.40. The molecule has 2 atom stereocenters. The van der Waals surface area contributed by atoms with Crippen molar-refractivity contribution in [3.63, 3.8) is 0 Å². The van der Waals surface area contributed by atoms with E-state index in [4.69, 9.17) is 0 Å². The summed E-state index contributed by atoms with van der Waals surface area (Å²) >= 11 is 0. The van der Waals surface area contributed by atoms with Crippen molar-refractivity contribution in [2.75, 3.05) is 5.32 Å². The van der Waals surface area contributed by atoms with Gasteiger partial charge < -0.3 is 10.6 Å². The summed E-state index contributed by atoms with van der Waals surface area (Å²) in [5.41, 5.74) is 3.87. The standard InChI is InChI=1S/C20H20F2N4O/c1-3-14-4-11(2)15(10-23-14)12-5-13-9-25-18(6-17(13)24-8-12)26-19(27)16-7-20(16,21)22/h4-6,8-10,14,16,23H,3,7H2,1-2H3,(H,25,26,27). The van der Waals surface area contributed by atoms with Crippen LogP contribution in [0, 0.1) is 5.92 Å². The topological polar surface area (TPSA) is 66.9 Å². The fraction of sp³-hybridized carbons (Fsp3) is 0.350. The summed E-state index contributed by atoms with van der Waals surface area (Å²) in [6, 6.07) is 3.92. The van der Waals surface area contributed by atoms with Crippen molar-refractivity contribution >= 4 is 28.2 Å². The first-order valence-corrected chi connectivity index (χ1v) is 8.97. The van der Waals surface area contributed by atoms with Gasteiger partial charge in [0, 0.05) is 53.6 Å². The van der Waals surface area contributed by atoms with Crippen molar-refractivity contribution in [1.82, 2.24) is 15.3 Å². The van der Waals surface area contributed by atoms with Gasteiger partial charge in [0.1, 0.15) is 11.7 Å². The summed E-state index contributed by atoms with van der Waals surface area (Å²) in [7, 11) is 0. The van der Waals surface area contributed by atoms with Crippen LogP contribution in [0.2, 0.25) is 0 Å². The molecule has 7 heteroatoms. The van der Waals surface area contributed by atoms with Gasteiger partial charge in [0.2, 0.25) is 5.91 Å². The lowest BCUT2D eigenvalue weighted by atomic mass is 9.95. The molecule has 3 heterocycles. The summed E-state index contributed by atoms with van der Waals surface area (Å²) < 4.78 is 26.0. The number of dihydropyridines is 1. The van der Waals surface area contributed by atoms with E-state index in [1.54, 1.807) is 18.5 Å². The minimum absolute atomic E-state index is 0.232. The Bertz CT molecular complexity index is 983. The minimum atomic E-state index is -2.89. The number of hydrogen-bond donors (Lipinski definition) is 2. The molecular weight excluding hydrogens is 350 g/mol. The van der Waals surface area contributed by atoms with Crippen molar-refractivity contribution in [3.8, 4) is 0 Å². The van der Waals surface area contributed by atoms with Crippen LogP contribution in [0.5, 0.6) is 0 Å². The number of amides is 1. The molecule has 2 unspecified atom stereocenters. The molecular formula is C20H20F2N4O. The quantitative estimate of drug-likeness (QED) is 0.857. The second-order valence-electron chi connectivity index (χ2n) is 7.08. The number of rotatable bonds is 4. The van der Waals surface area contributed by atoms with E-state index in [1.807, 2.05) is 12.3 Å². The van der Waals surface area contributed by atoms with Gasteiger partial charge in [-0.15, -0.1) is 0 Å². The van der Waals surface area contributed by atoms with Crippen molar-refractivity contribution in [1.29, 1.82) is 0 Å². The van der Waals surface area contributed by atoms with E-state index in [1.165, 1.54) is 5.57 Å². The Morgan fingerprint density at radius 1 is 1.33 bits per heavy atom. The number of pyridine rings is 2. The first-order valence-electron chi connectivity index (χ1n) is 8.97. The number of carbonyl (C=O) groups is 1. The summed E-state index contributed by atoms with van der Waals surface area (Å²) in [5, 5.41) is 6.62. The highest BCUT2D eigenvalue weighted by atomic mass is 19.3. The first-order chi connectivity index (χ1) is 12.9. The maximum absolute atomic E-state index is 13.0. The third-order valence-electron chi connectivity index (χ3n) is 5.03. The molecule has 2 aromatic rings. The molecule has 2 aliphatic rings. The molecule has 1 amide bonds. The van der Waals surface area contributed by atoms with E-state index in [-0.39, 0.29) is 5.82 Å². The first kappa shape index (κ1) is 17.6. The lowest BCUT2D eigenvalue weighted by Crippen LogP contribution is -2.24. The summed E-state index contributed by atoms with van der Waals surface area (Å²) in [6.45, 7) is 4.20. The number of anilines is 1. The van der Waals surface area contributed by atoms with Crippen LogP contribution < -0.4 is 10.6 Å². The number of fused-ring (bicyclic) bond motifs is 1. The summed E-state index contributed by atoms with van der Waals surface area (Å²) in [4.78, 5) is 20.4. The van der Waals surface area contributed by atoms with Crippen LogP contribution in [-0.4, -0.2) is 27.8 Å². The Morgan fingerprint density at radius 2 is 2.11 bits per heavy atom. The number of allylic oxidation sites excluding steroid dienone is 2. The molecule has 1 aliphatic heterocycles. The largest absolute Gasteiger partial charge is 0.384 e. The number of nitrogens with one attached hydrogen (secondary N) is 2. The van der Waals surface area contributed by atoms with Gasteiger partial charge in [-0.2, -0.15) is 0 Å². The fourth-order valence-corrected chi connectivity index (χ4v) is 3.24. The molecule has 1 fully saturated rings. The molecule has 0 radical (unpaired) electrons. The zero-order valence-corrected chi connectivity index (χ0v) is 15.1. The van der Waals surface area contributed by atoms with Crippen molar-refractivity contribution in [3.05, 3.63) is 47.9 Å². The van der Waals surface area contributed by atoms with Gasteiger partial charge in [0.15, 0.2) is 0 Å². The summed E-state index contributed by atoms with van der Waals surface area (Å²) in [6.07, 6.45) is 8.18. The highest BCUT2D eigenvalue weighted by Gasteiger charge is 2.61. The Hall–Kier alpha value is -2.83. The Labute approximate surface area is 155 Å². The molecule has 2 aromatic heterocycles. The van der Waals surface area contributed by atoms with E-state index in [0.717, 1.165) is 22.9 Å². The normalized spacial score (nSPS) is 23.3. The van der Waals surface area contributed by atoms with Crippen LogP contribution in [0.3, 0.4) is 0 Å². The van der Waals surface area contributed by atoms with E-state index in [2.05, 4.69) is 40.5 Å². The predicted octanol–water partition coefficient (Wildman–Crippen LogP) is 3.89. The second-order valence-corrected chi connectivity index (χ2v) is 7.08. The number of carbonyl (C=O) groups excluding carboxylic acids is 1. The highest BCUT2D eigenvalue weighted by Crippen LogP contribution is 2.49. The lowest BCUT2D eigenvalue weighted by Gasteiger charge is -2.21. The molecule has 0 spiro atoms. The Balaban J connectivity index is 1.55. The predicted molar refractivity (Wildman–Crippen MR) is 100 cm³/mol. The highest BCUT2D eigenvalue weighted by molar-refractivity contribution is 5.96. The van der Waals surface area contributed by atoms with Gasteiger partial charge in [0.05, 0.1) is 5.52 Å².